The Morgan fingerprint density at radius 1 is 1.14 bits per heavy atom. The van der Waals surface area contributed by atoms with Crippen molar-refractivity contribution in [2.24, 2.45) is 5.10 Å². The average molecular weight is 198 g/mol. The highest BCUT2D eigenvalue weighted by molar-refractivity contribution is 6.45. The van der Waals surface area contributed by atoms with Crippen LogP contribution in [0.3, 0.4) is 0 Å². The molecule has 0 unspecified atom stereocenters. The number of nitrogens with zero attached hydrogens (tertiary/aromatic N) is 2. The normalized spacial score (nSPS) is 22.0. The summed E-state index contributed by atoms with van der Waals surface area (Å²) >= 11 is 0. The molecule has 0 aliphatic carbocycles. The van der Waals surface area contributed by atoms with E-state index in [0.29, 0.717) is 26.3 Å². The summed E-state index contributed by atoms with van der Waals surface area (Å²) in [6, 6.07) is 0. The van der Waals surface area contributed by atoms with Crippen LogP contribution < -0.4 is 10.6 Å². The summed E-state index contributed by atoms with van der Waals surface area (Å²) in [5, 5.41) is 10.4. The van der Waals surface area contributed by atoms with Crippen LogP contribution in [0.2, 0.25) is 0 Å². The van der Waals surface area contributed by atoms with Crippen molar-refractivity contribution < 1.29 is 14.3 Å². The summed E-state index contributed by atoms with van der Waals surface area (Å²) < 4.78 is 5.12. The molecule has 2 fully saturated rings. The highest BCUT2D eigenvalue weighted by Crippen LogP contribution is 1.97. The number of morpholine rings is 1. The third-order valence-corrected chi connectivity index (χ3v) is 1.90. The van der Waals surface area contributed by atoms with Crippen molar-refractivity contribution in [2.75, 3.05) is 26.3 Å². The zero-order chi connectivity index (χ0) is 9.97. The van der Waals surface area contributed by atoms with Crippen LogP contribution in [0.25, 0.3) is 0 Å². The predicted octanol–water partition coefficient (Wildman–Crippen LogP) is -2.16. The minimum atomic E-state index is -0.669. The Hall–Kier alpha value is -1.63. The zero-order valence-corrected chi connectivity index (χ0v) is 7.45. The molecule has 0 aromatic rings. The maximum atomic E-state index is 10.8. The molecule has 0 saturated carbocycles. The smallest absolute Gasteiger partial charge is 0.316 e. The molecule has 7 heteroatoms. The molecule has 2 rings (SSSR count). The summed E-state index contributed by atoms with van der Waals surface area (Å²) in [6.45, 7) is 2.54. The van der Waals surface area contributed by atoms with Gasteiger partial charge in [-0.15, -0.1) is 5.10 Å². The molecule has 76 valence electrons. The molecule has 0 aromatic heterocycles. The molecule has 2 amide bonds. The third kappa shape index (κ3) is 1.82. The fraction of sp³-hybridized carbons (Fsp3) is 0.571. The average Bonchev–Trinajstić information content (AvgIpc) is 2.47. The highest BCUT2D eigenvalue weighted by Gasteiger charge is 2.26. The summed E-state index contributed by atoms with van der Waals surface area (Å²) in [5.41, 5.74) is 0. The number of carbonyl (C=O) groups excluding carboxylic acids is 2. The van der Waals surface area contributed by atoms with Crippen LogP contribution >= 0.6 is 0 Å². The Labute approximate surface area is 80.1 Å². The third-order valence-electron chi connectivity index (χ3n) is 1.90. The van der Waals surface area contributed by atoms with Crippen molar-refractivity contribution in [1.82, 2.24) is 15.6 Å². The van der Waals surface area contributed by atoms with Gasteiger partial charge in [0.25, 0.3) is 0 Å². The second kappa shape index (κ2) is 3.62. The fourth-order valence-corrected chi connectivity index (χ4v) is 1.20. The number of rotatable bonds is 1. The maximum Gasteiger partial charge on any atom is 0.316 e. The predicted molar refractivity (Wildman–Crippen MR) is 46.1 cm³/mol. The first-order valence-corrected chi connectivity index (χ1v) is 4.29. The Bertz CT molecular complexity index is 277. The van der Waals surface area contributed by atoms with Gasteiger partial charge in [0.05, 0.1) is 26.3 Å². The molecule has 0 bridgehead atoms. The summed E-state index contributed by atoms with van der Waals surface area (Å²) in [6.07, 6.45) is 0. The van der Waals surface area contributed by atoms with Crippen molar-refractivity contribution >= 4 is 17.8 Å². The van der Waals surface area contributed by atoms with Gasteiger partial charge in [0.2, 0.25) is 5.96 Å². The molecular weight excluding hydrogens is 188 g/mol. The largest absolute Gasteiger partial charge is 0.378 e. The SMILES string of the molecule is O=C1NC(=NN2CCOCC2)NC1=O. The van der Waals surface area contributed by atoms with E-state index >= 15 is 0 Å². The molecule has 0 radical (unpaired) electrons. The van der Waals surface area contributed by atoms with E-state index in [-0.39, 0.29) is 5.96 Å². The number of hydrogen-bond acceptors (Lipinski definition) is 5. The van der Waals surface area contributed by atoms with Crippen LogP contribution in [-0.2, 0) is 14.3 Å². The second-order valence-corrected chi connectivity index (χ2v) is 2.92. The van der Waals surface area contributed by atoms with Gasteiger partial charge < -0.3 is 4.74 Å². The van der Waals surface area contributed by atoms with Gasteiger partial charge in [0.15, 0.2) is 0 Å². The van der Waals surface area contributed by atoms with E-state index in [1.807, 2.05) is 0 Å². The van der Waals surface area contributed by atoms with Gasteiger partial charge in [-0.2, -0.15) is 0 Å². The van der Waals surface area contributed by atoms with Gasteiger partial charge in [0, 0.05) is 0 Å². The lowest BCUT2D eigenvalue weighted by Gasteiger charge is -2.23. The van der Waals surface area contributed by atoms with E-state index in [9.17, 15) is 9.59 Å². The number of carbonyl (C=O) groups is 2. The van der Waals surface area contributed by atoms with Crippen molar-refractivity contribution in [3.05, 3.63) is 0 Å². The topological polar surface area (TPSA) is 83.0 Å². The summed E-state index contributed by atoms with van der Waals surface area (Å²) in [7, 11) is 0. The van der Waals surface area contributed by atoms with Crippen LogP contribution in [0.15, 0.2) is 5.10 Å². The number of hydrazone groups is 1. The molecule has 2 saturated heterocycles. The molecule has 2 aliphatic heterocycles. The molecule has 7 nitrogen and oxygen atoms in total. The molecule has 0 aromatic carbocycles. The Morgan fingerprint density at radius 2 is 1.71 bits per heavy atom. The summed E-state index contributed by atoms with van der Waals surface area (Å²) in [5.74, 6) is -1.14. The number of ether oxygens (including phenoxy) is 1. The molecular formula is C7H10N4O3. The van der Waals surface area contributed by atoms with E-state index in [1.54, 1.807) is 5.01 Å². The monoisotopic (exact) mass is 198 g/mol. The lowest BCUT2D eigenvalue weighted by Crippen LogP contribution is -2.36. The van der Waals surface area contributed by atoms with E-state index < -0.39 is 11.8 Å². The second-order valence-electron chi connectivity index (χ2n) is 2.92. The van der Waals surface area contributed by atoms with E-state index in [0.717, 1.165) is 0 Å². The Kier molecular flexibility index (Phi) is 2.32. The zero-order valence-electron chi connectivity index (χ0n) is 7.45. The number of guanidine groups is 1. The molecule has 0 atom stereocenters. The lowest BCUT2D eigenvalue weighted by atomic mass is 10.5. The van der Waals surface area contributed by atoms with E-state index in [4.69, 9.17) is 4.74 Å². The molecule has 2 aliphatic rings. The summed E-state index contributed by atoms with van der Waals surface area (Å²) in [4.78, 5) is 21.6. The standard InChI is InChI=1S/C7H10N4O3/c12-5-6(13)9-7(8-5)10-11-1-3-14-4-2-11/h1-4H2,(H2,8,9,10,12,13). The van der Waals surface area contributed by atoms with Gasteiger partial charge in [0.1, 0.15) is 0 Å². The molecule has 2 N–H and O–H groups in total. The van der Waals surface area contributed by atoms with Crippen molar-refractivity contribution in [3.63, 3.8) is 0 Å². The van der Waals surface area contributed by atoms with Crippen molar-refractivity contribution in [2.45, 2.75) is 0 Å². The molecule has 0 spiro atoms. The number of nitrogens with one attached hydrogen (secondary N) is 2. The van der Waals surface area contributed by atoms with Gasteiger partial charge >= 0.3 is 11.8 Å². The van der Waals surface area contributed by atoms with Gasteiger partial charge in [-0.1, -0.05) is 0 Å². The maximum absolute atomic E-state index is 10.8. The highest BCUT2D eigenvalue weighted by atomic mass is 16.5. The number of amides is 2. The van der Waals surface area contributed by atoms with Gasteiger partial charge in [-0.05, 0) is 0 Å². The van der Waals surface area contributed by atoms with Gasteiger partial charge in [-0.25, -0.2) is 0 Å². The fourth-order valence-electron chi connectivity index (χ4n) is 1.20. The van der Waals surface area contributed by atoms with E-state index in [2.05, 4.69) is 15.7 Å². The van der Waals surface area contributed by atoms with Crippen LogP contribution in [0.5, 0.6) is 0 Å². The van der Waals surface area contributed by atoms with Gasteiger partial charge in [-0.3, -0.25) is 25.2 Å². The lowest BCUT2D eigenvalue weighted by molar-refractivity contribution is -0.135. The van der Waals surface area contributed by atoms with Crippen molar-refractivity contribution in [1.29, 1.82) is 0 Å². The first kappa shape index (κ1) is 8.95. The Morgan fingerprint density at radius 3 is 2.29 bits per heavy atom. The molecule has 2 heterocycles. The first-order valence-electron chi connectivity index (χ1n) is 4.29. The minimum Gasteiger partial charge on any atom is -0.378 e. The first-order chi connectivity index (χ1) is 6.75. The van der Waals surface area contributed by atoms with Crippen LogP contribution in [0, 0.1) is 0 Å². The van der Waals surface area contributed by atoms with Crippen LogP contribution in [-0.4, -0.2) is 49.1 Å². The molecule has 14 heavy (non-hydrogen) atoms. The van der Waals surface area contributed by atoms with Crippen LogP contribution in [0.4, 0.5) is 0 Å². The quantitative estimate of drug-likeness (QED) is 0.470. The minimum absolute atomic E-state index is 0.196. The van der Waals surface area contributed by atoms with Crippen molar-refractivity contribution in [3.8, 4) is 0 Å². The van der Waals surface area contributed by atoms with E-state index in [1.165, 1.54) is 0 Å². The number of hydrogen-bond donors (Lipinski definition) is 2. The Balaban J connectivity index is 1.97. The van der Waals surface area contributed by atoms with Crippen LogP contribution in [0.1, 0.15) is 0 Å².